The standard InChI is InChI=1S/C31H36IN3O4S/c1-23-11-9-10-12-25(23)21-34(24(2)31(37)33-27-13-5-3-6-14-27)30(36)22-35(28-19-17-26(32)18-20-28)40(38,39)29-15-7-4-8-16-29/h4,7-12,15-20,24,27H,3,5-6,13-14,21-22H2,1-2H3,(H,33,37)/t24-/m0/s1. The zero-order valence-corrected chi connectivity index (χ0v) is 25.9. The van der Waals surface area contributed by atoms with Crippen molar-refractivity contribution in [3.63, 3.8) is 0 Å². The van der Waals surface area contributed by atoms with Crippen molar-refractivity contribution >= 4 is 50.1 Å². The van der Waals surface area contributed by atoms with Crippen LogP contribution in [-0.2, 0) is 26.2 Å². The molecule has 1 atom stereocenters. The average molecular weight is 674 g/mol. The van der Waals surface area contributed by atoms with Gasteiger partial charge in [-0.15, -0.1) is 0 Å². The van der Waals surface area contributed by atoms with E-state index < -0.39 is 28.5 Å². The third-order valence-electron chi connectivity index (χ3n) is 7.45. The van der Waals surface area contributed by atoms with E-state index in [0.29, 0.717) is 5.69 Å². The molecular formula is C31H36IN3O4S. The molecular weight excluding hydrogens is 637 g/mol. The van der Waals surface area contributed by atoms with Gasteiger partial charge in [0.25, 0.3) is 10.0 Å². The highest BCUT2D eigenvalue weighted by atomic mass is 127. The van der Waals surface area contributed by atoms with Crippen LogP contribution in [0.25, 0.3) is 0 Å². The number of aryl methyl sites for hydroxylation is 1. The summed E-state index contributed by atoms with van der Waals surface area (Å²) in [6, 6.07) is 22.1. The van der Waals surface area contributed by atoms with Crippen molar-refractivity contribution in [3.05, 3.63) is 93.6 Å². The quantitative estimate of drug-likeness (QED) is 0.282. The van der Waals surface area contributed by atoms with Crippen molar-refractivity contribution < 1.29 is 18.0 Å². The molecule has 1 aliphatic rings. The molecule has 0 aromatic heterocycles. The summed E-state index contributed by atoms with van der Waals surface area (Å²) in [6.45, 7) is 3.43. The van der Waals surface area contributed by atoms with Crippen LogP contribution in [0.1, 0.15) is 50.2 Å². The van der Waals surface area contributed by atoms with E-state index >= 15 is 0 Å². The number of carbonyl (C=O) groups excluding carboxylic acids is 2. The van der Waals surface area contributed by atoms with Gasteiger partial charge in [-0.25, -0.2) is 8.42 Å². The lowest BCUT2D eigenvalue weighted by Crippen LogP contribution is -2.53. The Balaban J connectivity index is 1.67. The van der Waals surface area contributed by atoms with Crippen molar-refractivity contribution in [2.45, 2.75) is 69.5 Å². The van der Waals surface area contributed by atoms with Crippen molar-refractivity contribution in [2.24, 2.45) is 0 Å². The lowest BCUT2D eigenvalue weighted by molar-refractivity contribution is -0.139. The van der Waals surface area contributed by atoms with Gasteiger partial charge >= 0.3 is 0 Å². The van der Waals surface area contributed by atoms with E-state index in [1.54, 1.807) is 49.4 Å². The Hall–Kier alpha value is -2.92. The Bertz CT molecular complexity index is 1410. The van der Waals surface area contributed by atoms with Gasteiger partial charge in [-0.1, -0.05) is 61.7 Å². The lowest BCUT2D eigenvalue weighted by Gasteiger charge is -2.33. The highest BCUT2D eigenvalue weighted by Gasteiger charge is 2.33. The Morgan fingerprint density at radius 2 is 1.55 bits per heavy atom. The molecule has 3 aromatic carbocycles. The van der Waals surface area contributed by atoms with Gasteiger partial charge in [0.05, 0.1) is 10.6 Å². The van der Waals surface area contributed by atoms with Crippen LogP contribution in [0.5, 0.6) is 0 Å². The zero-order valence-electron chi connectivity index (χ0n) is 22.9. The second-order valence-corrected chi connectivity index (χ2v) is 13.4. The highest BCUT2D eigenvalue weighted by molar-refractivity contribution is 14.1. The summed E-state index contributed by atoms with van der Waals surface area (Å²) in [5.74, 6) is -0.673. The molecule has 1 saturated carbocycles. The van der Waals surface area contributed by atoms with E-state index in [0.717, 1.165) is 44.7 Å². The fraction of sp³-hybridized carbons (Fsp3) is 0.355. The lowest BCUT2D eigenvalue weighted by atomic mass is 9.95. The molecule has 2 amide bonds. The van der Waals surface area contributed by atoms with E-state index in [4.69, 9.17) is 0 Å². The molecule has 4 rings (SSSR count). The van der Waals surface area contributed by atoms with Crippen molar-refractivity contribution in [1.82, 2.24) is 10.2 Å². The van der Waals surface area contributed by atoms with E-state index in [1.165, 1.54) is 23.5 Å². The molecule has 1 fully saturated rings. The molecule has 0 unspecified atom stereocenters. The summed E-state index contributed by atoms with van der Waals surface area (Å²) in [5, 5.41) is 3.14. The number of hydrogen-bond donors (Lipinski definition) is 1. The maximum Gasteiger partial charge on any atom is 0.264 e. The monoisotopic (exact) mass is 673 g/mol. The van der Waals surface area contributed by atoms with Crippen molar-refractivity contribution in [2.75, 3.05) is 10.8 Å². The molecule has 0 radical (unpaired) electrons. The first-order valence-corrected chi connectivity index (χ1v) is 16.2. The summed E-state index contributed by atoms with van der Waals surface area (Å²) in [4.78, 5) is 29.1. The number of halogens is 1. The second-order valence-electron chi connectivity index (χ2n) is 10.3. The Morgan fingerprint density at radius 3 is 2.20 bits per heavy atom. The summed E-state index contributed by atoms with van der Waals surface area (Å²) in [7, 11) is -4.06. The number of benzene rings is 3. The third kappa shape index (κ3) is 7.42. The summed E-state index contributed by atoms with van der Waals surface area (Å²) in [6.07, 6.45) is 5.19. The van der Waals surface area contributed by atoms with E-state index in [-0.39, 0.29) is 23.4 Å². The number of carbonyl (C=O) groups is 2. The number of nitrogens with one attached hydrogen (secondary N) is 1. The number of amides is 2. The van der Waals surface area contributed by atoms with Crippen molar-refractivity contribution in [3.8, 4) is 0 Å². The predicted molar refractivity (Wildman–Crippen MR) is 166 cm³/mol. The first-order chi connectivity index (χ1) is 19.2. The average Bonchev–Trinajstić information content (AvgIpc) is 2.96. The molecule has 7 nitrogen and oxygen atoms in total. The molecule has 3 aromatic rings. The van der Waals surface area contributed by atoms with Crippen LogP contribution >= 0.6 is 22.6 Å². The first kappa shape index (κ1) is 30.0. The summed E-state index contributed by atoms with van der Waals surface area (Å²) < 4.78 is 29.7. The maximum atomic E-state index is 14.1. The van der Waals surface area contributed by atoms with Crippen LogP contribution in [0.15, 0.2) is 83.8 Å². The van der Waals surface area contributed by atoms with Crippen LogP contribution in [0.2, 0.25) is 0 Å². The minimum absolute atomic E-state index is 0.0925. The minimum Gasteiger partial charge on any atom is -0.352 e. The molecule has 212 valence electrons. The van der Waals surface area contributed by atoms with Crippen LogP contribution < -0.4 is 9.62 Å². The van der Waals surface area contributed by atoms with Gasteiger partial charge in [0, 0.05) is 16.2 Å². The summed E-state index contributed by atoms with van der Waals surface area (Å²) >= 11 is 2.15. The SMILES string of the molecule is Cc1ccccc1CN(C(=O)CN(c1ccc(I)cc1)S(=O)(=O)c1ccccc1)[C@@H](C)C(=O)NC1CCCCC1. The maximum absolute atomic E-state index is 14.1. The van der Waals surface area contributed by atoms with Crippen LogP contribution in [-0.4, -0.2) is 43.8 Å². The zero-order chi connectivity index (χ0) is 28.7. The smallest absolute Gasteiger partial charge is 0.264 e. The van der Waals surface area contributed by atoms with Gasteiger partial charge in [-0.2, -0.15) is 0 Å². The van der Waals surface area contributed by atoms with Gasteiger partial charge in [0.1, 0.15) is 12.6 Å². The largest absolute Gasteiger partial charge is 0.352 e. The van der Waals surface area contributed by atoms with Gasteiger partial charge in [-0.05, 0) is 96.8 Å². The molecule has 0 aliphatic heterocycles. The first-order valence-electron chi connectivity index (χ1n) is 13.6. The Morgan fingerprint density at radius 1 is 0.925 bits per heavy atom. The van der Waals surface area contributed by atoms with Gasteiger partial charge in [0.2, 0.25) is 11.8 Å². The Labute approximate surface area is 251 Å². The van der Waals surface area contributed by atoms with E-state index in [1.807, 2.05) is 31.2 Å². The minimum atomic E-state index is -4.06. The van der Waals surface area contributed by atoms with E-state index in [9.17, 15) is 18.0 Å². The second kappa shape index (κ2) is 13.6. The number of sulfonamides is 1. The summed E-state index contributed by atoms with van der Waals surface area (Å²) in [5.41, 5.74) is 2.28. The van der Waals surface area contributed by atoms with Gasteiger partial charge < -0.3 is 10.2 Å². The molecule has 40 heavy (non-hydrogen) atoms. The predicted octanol–water partition coefficient (Wildman–Crippen LogP) is 5.66. The van der Waals surface area contributed by atoms with Gasteiger partial charge in [0.15, 0.2) is 0 Å². The topological polar surface area (TPSA) is 86.8 Å². The number of nitrogens with zero attached hydrogens (tertiary/aromatic N) is 2. The Kier molecular flexibility index (Phi) is 10.2. The van der Waals surface area contributed by atoms with Crippen LogP contribution in [0.3, 0.4) is 0 Å². The van der Waals surface area contributed by atoms with E-state index in [2.05, 4.69) is 27.9 Å². The van der Waals surface area contributed by atoms with Crippen molar-refractivity contribution in [1.29, 1.82) is 0 Å². The number of rotatable bonds is 10. The molecule has 0 saturated heterocycles. The fourth-order valence-electron chi connectivity index (χ4n) is 4.98. The third-order valence-corrected chi connectivity index (χ3v) is 9.95. The van der Waals surface area contributed by atoms with Crippen LogP contribution in [0, 0.1) is 10.5 Å². The molecule has 0 spiro atoms. The number of anilines is 1. The normalized spacial score (nSPS) is 14.8. The molecule has 1 aliphatic carbocycles. The molecule has 0 heterocycles. The highest BCUT2D eigenvalue weighted by Crippen LogP contribution is 2.26. The van der Waals surface area contributed by atoms with Gasteiger partial charge in [-0.3, -0.25) is 13.9 Å². The number of hydrogen-bond acceptors (Lipinski definition) is 4. The molecule has 0 bridgehead atoms. The fourth-order valence-corrected chi connectivity index (χ4v) is 6.77. The van der Waals surface area contributed by atoms with Crippen LogP contribution in [0.4, 0.5) is 5.69 Å². The molecule has 1 N–H and O–H groups in total. The molecule has 9 heteroatoms.